The Labute approximate surface area is 146 Å². The van der Waals surface area contributed by atoms with Gasteiger partial charge < -0.3 is 9.67 Å². The lowest BCUT2D eigenvalue weighted by molar-refractivity contribution is 0.182. The Balaban J connectivity index is 1.47. The molecule has 128 valence electrons. The predicted octanol–water partition coefficient (Wildman–Crippen LogP) is 1.68. The van der Waals surface area contributed by atoms with Crippen molar-refractivity contribution < 1.29 is 5.11 Å². The molecule has 2 aliphatic heterocycles. The number of fused-ring (bicyclic) bond motifs is 1. The lowest BCUT2D eigenvalue weighted by Crippen LogP contribution is -2.34. The van der Waals surface area contributed by atoms with Gasteiger partial charge in [-0.1, -0.05) is 23.7 Å². The Bertz CT molecular complexity index is 716. The number of benzene rings is 1. The fourth-order valence-electron chi connectivity index (χ4n) is 3.73. The summed E-state index contributed by atoms with van der Waals surface area (Å²) < 4.78 is 2.23. The predicted molar refractivity (Wildman–Crippen MR) is 91.6 cm³/mol. The molecule has 7 heteroatoms. The average Bonchev–Trinajstić information content (AvgIpc) is 3.11. The van der Waals surface area contributed by atoms with Crippen LogP contribution < -0.4 is 0 Å². The van der Waals surface area contributed by atoms with Crippen LogP contribution in [0.2, 0.25) is 5.02 Å². The van der Waals surface area contributed by atoms with Crippen molar-refractivity contribution in [2.75, 3.05) is 20.1 Å². The van der Waals surface area contributed by atoms with Gasteiger partial charge in [0.2, 0.25) is 0 Å². The van der Waals surface area contributed by atoms with Gasteiger partial charge in [-0.05, 0) is 31.2 Å². The molecule has 0 bridgehead atoms. The van der Waals surface area contributed by atoms with Crippen molar-refractivity contribution in [1.82, 2.24) is 24.6 Å². The molecule has 6 nitrogen and oxygen atoms in total. The molecule has 1 saturated heterocycles. The number of aromatic nitrogens is 3. The molecular formula is C17H22ClN5O. The maximum atomic E-state index is 9.88. The fourth-order valence-corrected chi connectivity index (χ4v) is 3.86. The SMILES string of the molecule is CN1CC(O)CC1c1nnc2n1CCN(Cc1ccc(Cl)cc1)C2. The third kappa shape index (κ3) is 3.07. The first-order valence-corrected chi connectivity index (χ1v) is 8.75. The summed E-state index contributed by atoms with van der Waals surface area (Å²) in [4.78, 5) is 4.55. The number of halogens is 1. The second kappa shape index (κ2) is 6.44. The molecule has 4 rings (SSSR count). The summed E-state index contributed by atoms with van der Waals surface area (Å²) in [5.41, 5.74) is 1.26. The maximum absolute atomic E-state index is 9.88. The van der Waals surface area contributed by atoms with Gasteiger partial charge in [0.15, 0.2) is 5.82 Å². The van der Waals surface area contributed by atoms with Gasteiger partial charge in [-0.3, -0.25) is 9.80 Å². The minimum Gasteiger partial charge on any atom is -0.392 e. The van der Waals surface area contributed by atoms with Crippen LogP contribution in [-0.4, -0.2) is 55.9 Å². The molecule has 0 spiro atoms. The van der Waals surface area contributed by atoms with E-state index in [9.17, 15) is 5.11 Å². The Kier molecular flexibility index (Phi) is 4.30. The van der Waals surface area contributed by atoms with Crippen LogP contribution in [0, 0.1) is 0 Å². The van der Waals surface area contributed by atoms with Gasteiger partial charge in [0, 0.05) is 31.2 Å². The summed E-state index contributed by atoms with van der Waals surface area (Å²) in [6.45, 7) is 4.26. The number of aliphatic hydroxyl groups excluding tert-OH is 1. The van der Waals surface area contributed by atoms with Gasteiger partial charge in [-0.2, -0.15) is 0 Å². The molecule has 2 aliphatic rings. The van der Waals surface area contributed by atoms with Crippen molar-refractivity contribution in [3.8, 4) is 0 Å². The lowest BCUT2D eigenvalue weighted by Gasteiger charge is -2.29. The molecule has 1 aromatic carbocycles. The summed E-state index contributed by atoms with van der Waals surface area (Å²) >= 11 is 5.95. The molecule has 24 heavy (non-hydrogen) atoms. The number of nitrogens with zero attached hydrogens (tertiary/aromatic N) is 5. The van der Waals surface area contributed by atoms with Crippen molar-refractivity contribution in [3.63, 3.8) is 0 Å². The number of aliphatic hydroxyl groups is 1. The molecule has 0 saturated carbocycles. The molecule has 1 fully saturated rings. The van der Waals surface area contributed by atoms with Crippen LogP contribution >= 0.6 is 11.6 Å². The number of rotatable bonds is 3. The lowest BCUT2D eigenvalue weighted by atomic mass is 10.1. The quantitative estimate of drug-likeness (QED) is 0.915. The molecule has 2 unspecified atom stereocenters. The minimum absolute atomic E-state index is 0.170. The Morgan fingerprint density at radius 1 is 1.21 bits per heavy atom. The zero-order chi connectivity index (χ0) is 16.7. The maximum Gasteiger partial charge on any atom is 0.150 e. The smallest absolute Gasteiger partial charge is 0.150 e. The van der Waals surface area contributed by atoms with Gasteiger partial charge in [0.05, 0.1) is 18.7 Å². The summed E-state index contributed by atoms with van der Waals surface area (Å²) in [5, 5.41) is 19.5. The van der Waals surface area contributed by atoms with E-state index in [1.165, 1.54) is 5.56 Å². The Hall–Kier alpha value is -1.47. The van der Waals surface area contributed by atoms with E-state index in [1.807, 2.05) is 19.2 Å². The molecule has 2 aromatic rings. The topological polar surface area (TPSA) is 57.4 Å². The van der Waals surface area contributed by atoms with Gasteiger partial charge in [0.1, 0.15) is 5.82 Å². The van der Waals surface area contributed by atoms with E-state index in [0.717, 1.165) is 49.3 Å². The molecule has 1 N–H and O–H groups in total. The average molecular weight is 348 g/mol. The van der Waals surface area contributed by atoms with E-state index < -0.39 is 0 Å². The molecular weight excluding hydrogens is 326 g/mol. The van der Waals surface area contributed by atoms with Crippen molar-refractivity contribution in [2.24, 2.45) is 0 Å². The molecule has 3 heterocycles. The van der Waals surface area contributed by atoms with E-state index in [-0.39, 0.29) is 12.1 Å². The third-order valence-corrected chi connectivity index (χ3v) is 5.26. The largest absolute Gasteiger partial charge is 0.392 e. The number of hydrogen-bond acceptors (Lipinski definition) is 5. The summed E-state index contributed by atoms with van der Waals surface area (Å²) in [5.74, 6) is 2.01. The Morgan fingerprint density at radius 2 is 2.00 bits per heavy atom. The highest BCUT2D eigenvalue weighted by Crippen LogP contribution is 2.31. The normalized spacial score (nSPS) is 25.1. The van der Waals surface area contributed by atoms with Crippen molar-refractivity contribution >= 4 is 11.6 Å². The summed E-state index contributed by atoms with van der Waals surface area (Å²) in [6, 6.07) is 8.18. The van der Waals surface area contributed by atoms with Crippen LogP contribution in [0.25, 0.3) is 0 Å². The van der Waals surface area contributed by atoms with Crippen LogP contribution in [-0.2, 0) is 19.6 Å². The molecule has 0 amide bonds. The van der Waals surface area contributed by atoms with Gasteiger partial charge >= 0.3 is 0 Å². The zero-order valence-corrected chi connectivity index (χ0v) is 14.5. The Morgan fingerprint density at radius 3 is 2.71 bits per heavy atom. The second-order valence-electron chi connectivity index (χ2n) is 6.81. The van der Waals surface area contributed by atoms with Gasteiger partial charge in [-0.15, -0.1) is 10.2 Å². The molecule has 0 aliphatic carbocycles. The number of likely N-dealkylation sites (N-methyl/N-ethyl adjacent to an activating group) is 1. The van der Waals surface area contributed by atoms with Crippen molar-refractivity contribution in [3.05, 3.63) is 46.5 Å². The molecule has 1 aromatic heterocycles. The van der Waals surface area contributed by atoms with Gasteiger partial charge in [-0.25, -0.2) is 0 Å². The van der Waals surface area contributed by atoms with Crippen LogP contribution in [0.15, 0.2) is 24.3 Å². The monoisotopic (exact) mass is 347 g/mol. The van der Waals surface area contributed by atoms with E-state index in [0.29, 0.717) is 6.54 Å². The van der Waals surface area contributed by atoms with Gasteiger partial charge in [0.25, 0.3) is 0 Å². The molecule has 2 atom stereocenters. The number of β-amino-alcohol motifs (C(OH)–C–C–N with tert-alkyl or cyclic N) is 1. The fraction of sp³-hybridized carbons (Fsp3) is 0.529. The third-order valence-electron chi connectivity index (χ3n) is 5.00. The van der Waals surface area contributed by atoms with Crippen LogP contribution in [0.4, 0.5) is 0 Å². The van der Waals surface area contributed by atoms with Crippen LogP contribution in [0.1, 0.15) is 29.7 Å². The van der Waals surface area contributed by atoms with Crippen LogP contribution in [0.5, 0.6) is 0 Å². The van der Waals surface area contributed by atoms with E-state index >= 15 is 0 Å². The zero-order valence-electron chi connectivity index (χ0n) is 13.8. The standard InChI is InChI=1S/C17H22ClN5O/c1-21-10-14(24)8-15(21)17-20-19-16-11-22(6-7-23(16)17)9-12-2-4-13(18)5-3-12/h2-5,14-15,24H,6-11H2,1H3. The summed E-state index contributed by atoms with van der Waals surface area (Å²) in [7, 11) is 2.04. The number of likely N-dealkylation sites (tertiary alicyclic amines) is 1. The second-order valence-corrected chi connectivity index (χ2v) is 7.24. The first-order valence-electron chi connectivity index (χ1n) is 8.37. The van der Waals surface area contributed by atoms with E-state index in [1.54, 1.807) is 0 Å². The van der Waals surface area contributed by atoms with E-state index in [4.69, 9.17) is 11.6 Å². The number of hydrogen-bond donors (Lipinski definition) is 1. The highest BCUT2D eigenvalue weighted by atomic mass is 35.5. The van der Waals surface area contributed by atoms with Crippen LogP contribution in [0.3, 0.4) is 0 Å². The summed E-state index contributed by atoms with van der Waals surface area (Å²) in [6.07, 6.45) is 0.473. The first-order chi connectivity index (χ1) is 11.6. The molecule has 0 radical (unpaired) electrons. The highest BCUT2D eigenvalue weighted by molar-refractivity contribution is 6.30. The van der Waals surface area contributed by atoms with E-state index in [2.05, 4.69) is 36.7 Å². The highest BCUT2D eigenvalue weighted by Gasteiger charge is 2.34. The minimum atomic E-state index is -0.266. The first kappa shape index (κ1) is 16.0. The van der Waals surface area contributed by atoms with Crippen molar-refractivity contribution in [1.29, 1.82) is 0 Å². The van der Waals surface area contributed by atoms with Crippen molar-refractivity contribution in [2.45, 2.75) is 38.2 Å².